The van der Waals surface area contributed by atoms with Crippen LogP contribution in [0.2, 0.25) is 0 Å². The van der Waals surface area contributed by atoms with Crippen molar-refractivity contribution in [2.24, 2.45) is 0 Å². The summed E-state index contributed by atoms with van der Waals surface area (Å²) in [4.78, 5) is 28.4. The van der Waals surface area contributed by atoms with Gasteiger partial charge < -0.3 is 15.2 Å². The lowest BCUT2D eigenvalue weighted by atomic mass is 9.93. The second-order valence-electron chi connectivity index (χ2n) is 8.06. The van der Waals surface area contributed by atoms with E-state index in [-0.39, 0.29) is 40.8 Å². The Bertz CT molecular complexity index is 1320. The summed E-state index contributed by atoms with van der Waals surface area (Å²) in [6.07, 6.45) is -6.24. The lowest BCUT2D eigenvalue weighted by Gasteiger charge is -2.18. The minimum Gasteiger partial charge on any atom is -0.478 e. The molecular formula is C24H16F6N2O4. The standard InChI is InChI=1S/C24H16F6N2O4/c25-18-10-14(36-24(28,29)30)3-5-17(18)23(7-8-23)22(35)32-13-2-4-15(16(9-13)21(33)34)12-1-6-19(20(26)27)31-11-12/h1-6,9-11,20H,7-8H2,(H,32,35)(H,33,34). The first-order valence-corrected chi connectivity index (χ1v) is 10.4. The van der Waals surface area contributed by atoms with Crippen LogP contribution in [0, 0.1) is 5.82 Å². The number of carboxylic acids is 1. The molecule has 1 aromatic heterocycles. The van der Waals surface area contributed by atoms with E-state index in [9.17, 15) is 41.0 Å². The van der Waals surface area contributed by atoms with Crippen molar-refractivity contribution in [3.8, 4) is 16.9 Å². The highest BCUT2D eigenvalue weighted by Crippen LogP contribution is 2.50. The number of hydrogen-bond acceptors (Lipinski definition) is 4. The molecule has 4 rings (SSSR count). The smallest absolute Gasteiger partial charge is 0.478 e. The van der Waals surface area contributed by atoms with Crippen LogP contribution in [0.1, 0.15) is 40.9 Å². The molecule has 0 bridgehead atoms. The quantitative estimate of drug-likeness (QED) is 0.376. The molecule has 3 aromatic rings. The third-order valence-corrected chi connectivity index (χ3v) is 5.70. The molecule has 1 saturated carbocycles. The predicted octanol–water partition coefficient (Wildman–Crippen LogP) is 6.09. The number of pyridine rings is 1. The summed E-state index contributed by atoms with van der Waals surface area (Å²) in [7, 11) is 0. The first-order valence-electron chi connectivity index (χ1n) is 10.4. The highest BCUT2D eigenvalue weighted by Gasteiger charge is 2.53. The van der Waals surface area contributed by atoms with Gasteiger partial charge in [-0.25, -0.2) is 18.0 Å². The Labute approximate surface area is 199 Å². The van der Waals surface area contributed by atoms with Gasteiger partial charge in [-0.1, -0.05) is 18.2 Å². The van der Waals surface area contributed by atoms with Crippen molar-refractivity contribution in [2.75, 3.05) is 5.32 Å². The van der Waals surface area contributed by atoms with Crippen molar-refractivity contribution in [3.63, 3.8) is 0 Å². The Balaban J connectivity index is 1.57. The predicted molar refractivity (Wildman–Crippen MR) is 114 cm³/mol. The van der Waals surface area contributed by atoms with Crippen molar-refractivity contribution in [2.45, 2.75) is 31.0 Å². The van der Waals surface area contributed by atoms with Crippen LogP contribution < -0.4 is 10.1 Å². The van der Waals surface area contributed by atoms with E-state index in [0.717, 1.165) is 30.5 Å². The summed E-state index contributed by atoms with van der Waals surface area (Å²) in [6.45, 7) is 0. The zero-order valence-electron chi connectivity index (χ0n) is 18.1. The summed E-state index contributed by atoms with van der Waals surface area (Å²) in [5.41, 5.74) is -1.67. The average molecular weight is 510 g/mol. The van der Waals surface area contributed by atoms with Crippen molar-refractivity contribution in [1.29, 1.82) is 0 Å². The molecule has 1 aliphatic carbocycles. The topological polar surface area (TPSA) is 88.5 Å². The summed E-state index contributed by atoms with van der Waals surface area (Å²) in [5, 5.41) is 12.2. The number of benzene rings is 2. The molecule has 0 unspecified atom stereocenters. The Kier molecular flexibility index (Phi) is 6.37. The van der Waals surface area contributed by atoms with E-state index < -0.39 is 47.3 Å². The Morgan fingerprint density at radius 1 is 1.06 bits per heavy atom. The summed E-state index contributed by atoms with van der Waals surface area (Å²) < 4.78 is 80.9. The summed E-state index contributed by atoms with van der Waals surface area (Å²) in [5.74, 6) is -3.84. The third-order valence-electron chi connectivity index (χ3n) is 5.70. The summed E-state index contributed by atoms with van der Waals surface area (Å²) >= 11 is 0. The van der Waals surface area contributed by atoms with Crippen molar-refractivity contribution >= 4 is 17.6 Å². The first-order chi connectivity index (χ1) is 16.9. The number of carbonyl (C=O) groups is 2. The lowest BCUT2D eigenvalue weighted by Crippen LogP contribution is -2.29. The molecule has 1 fully saturated rings. The van der Waals surface area contributed by atoms with E-state index in [2.05, 4.69) is 15.0 Å². The maximum atomic E-state index is 14.6. The van der Waals surface area contributed by atoms with Crippen LogP contribution in [-0.2, 0) is 10.2 Å². The van der Waals surface area contributed by atoms with Gasteiger partial charge in [0.25, 0.3) is 6.43 Å². The number of nitrogens with one attached hydrogen (secondary N) is 1. The maximum Gasteiger partial charge on any atom is 0.573 e. The van der Waals surface area contributed by atoms with E-state index in [1.807, 2.05) is 0 Å². The Morgan fingerprint density at radius 2 is 1.78 bits per heavy atom. The van der Waals surface area contributed by atoms with E-state index in [1.165, 1.54) is 18.2 Å². The van der Waals surface area contributed by atoms with E-state index in [4.69, 9.17) is 0 Å². The number of anilines is 1. The number of rotatable bonds is 7. The number of hydrogen-bond donors (Lipinski definition) is 2. The van der Waals surface area contributed by atoms with Gasteiger partial charge in [0.05, 0.1) is 11.0 Å². The number of carbonyl (C=O) groups excluding carboxylic acids is 1. The molecule has 188 valence electrons. The third kappa shape index (κ3) is 5.11. The number of ether oxygens (including phenoxy) is 1. The van der Waals surface area contributed by atoms with Gasteiger partial charge in [-0.15, -0.1) is 13.2 Å². The van der Waals surface area contributed by atoms with Gasteiger partial charge in [0.15, 0.2) is 0 Å². The van der Waals surface area contributed by atoms with Crippen molar-refractivity contribution in [1.82, 2.24) is 4.98 Å². The van der Waals surface area contributed by atoms with Gasteiger partial charge in [0, 0.05) is 29.1 Å². The van der Waals surface area contributed by atoms with Crippen LogP contribution in [0.3, 0.4) is 0 Å². The van der Waals surface area contributed by atoms with Crippen molar-refractivity contribution in [3.05, 3.63) is 77.4 Å². The minimum absolute atomic E-state index is 0.0713. The molecule has 1 aliphatic rings. The molecule has 2 aromatic carbocycles. The minimum atomic E-state index is -5.00. The van der Waals surface area contributed by atoms with Crippen LogP contribution in [0.25, 0.3) is 11.1 Å². The van der Waals surface area contributed by atoms with Gasteiger partial charge in [0.1, 0.15) is 17.3 Å². The van der Waals surface area contributed by atoms with Gasteiger partial charge in [-0.3, -0.25) is 9.78 Å². The van der Waals surface area contributed by atoms with Crippen LogP contribution in [-0.4, -0.2) is 28.3 Å². The molecular weight excluding hydrogens is 494 g/mol. The highest BCUT2D eigenvalue weighted by atomic mass is 19.4. The van der Waals surface area contributed by atoms with Gasteiger partial charge in [-0.2, -0.15) is 0 Å². The fraction of sp³-hybridized carbons (Fsp3) is 0.208. The number of nitrogens with zero attached hydrogens (tertiary/aromatic N) is 1. The number of alkyl halides is 5. The molecule has 0 spiro atoms. The second kappa shape index (κ2) is 9.17. The molecule has 1 heterocycles. The molecule has 0 saturated heterocycles. The molecule has 12 heteroatoms. The van der Waals surface area contributed by atoms with Gasteiger partial charge in [0.2, 0.25) is 5.91 Å². The monoisotopic (exact) mass is 510 g/mol. The van der Waals surface area contributed by atoms with E-state index in [1.54, 1.807) is 0 Å². The van der Waals surface area contributed by atoms with Crippen LogP contribution in [0.4, 0.5) is 32.0 Å². The fourth-order valence-electron chi connectivity index (χ4n) is 3.82. The normalized spacial score (nSPS) is 14.4. The largest absolute Gasteiger partial charge is 0.573 e. The number of halogens is 6. The van der Waals surface area contributed by atoms with Gasteiger partial charge in [-0.05, 0) is 42.7 Å². The molecule has 1 amide bonds. The number of amides is 1. The number of carboxylic acid groups (broad SMARTS) is 1. The molecule has 0 atom stereocenters. The molecule has 6 nitrogen and oxygen atoms in total. The van der Waals surface area contributed by atoms with E-state index >= 15 is 0 Å². The molecule has 2 N–H and O–H groups in total. The Morgan fingerprint density at radius 3 is 2.31 bits per heavy atom. The molecule has 36 heavy (non-hydrogen) atoms. The highest BCUT2D eigenvalue weighted by molar-refractivity contribution is 6.03. The van der Waals surface area contributed by atoms with Crippen molar-refractivity contribution < 1.29 is 45.8 Å². The lowest BCUT2D eigenvalue weighted by molar-refractivity contribution is -0.274. The van der Waals surface area contributed by atoms with Crippen LogP contribution >= 0.6 is 0 Å². The number of aromatic nitrogens is 1. The zero-order valence-corrected chi connectivity index (χ0v) is 18.1. The fourth-order valence-corrected chi connectivity index (χ4v) is 3.82. The van der Waals surface area contributed by atoms with Crippen LogP contribution in [0.15, 0.2) is 54.7 Å². The van der Waals surface area contributed by atoms with Gasteiger partial charge >= 0.3 is 12.3 Å². The zero-order chi connectivity index (χ0) is 26.3. The molecule has 0 aliphatic heterocycles. The molecule has 0 radical (unpaired) electrons. The summed E-state index contributed by atoms with van der Waals surface area (Å²) in [6, 6.07) is 8.76. The Hall–Kier alpha value is -4.09. The second-order valence-corrected chi connectivity index (χ2v) is 8.06. The van der Waals surface area contributed by atoms with Crippen LogP contribution in [0.5, 0.6) is 5.75 Å². The SMILES string of the molecule is O=C(O)c1cc(NC(=O)C2(c3ccc(OC(F)(F)F)cc3F)CC2)ccc1-c1ccc(C(F)F)nc1. The first kappa shape index (κ1) is 25.0. The van der Waals surface area contributed by atoms with E-state index in [0.29, 0.717) is 6.07 Å². The maximum absolute atomic E-state index is 14.6. The number of aromatic carboxylic acids is 1. The average Bonchev–Trinajstić information content (AvgIpc) is 3.60.